The van der Waals surface area contributed by atoms with Crippen molar-refractivity contribution in [2.24, 2.45) is 0 Å². The average Bonchev–Trinajstić information content (AvgIpc) is 3.03. The fourth-order valence-electron chi connectivity index (χ4n) is 3.78. The van der Waals surface area contributed by atoms with Gasteiger partial charge in [0.15, 0.2) is 14.5 Å². The first kappa shape index (κ1) is 17.6. The van der Waals surface area contributed by atoms with Gasteiger partial charge in [0.1, 0.15) is 11.2 Å². The summed E-state index contributed by atoms with van der Waals surface area (Å²) >= 11 is 0. The van der Waals surface area contributed by atoms with Gasteiger partial charge in [0.05, 0.1) is 6.61 Å². The van der Waals surface area contributed by atoms with Gasteiger partial charge in [-0.25, -0.2) is 0 Å². The molecule has 0 aliphatic carbocycles. The van der Waals surface area contributed by atoms with Crippen molar-refractivity contribution in [2.45, 2.75) is 57.5 Å². The third kappa shape index (κ3) is 2.43. The number of rotatable bonds is 3. The highest BCUT2D eigenvalue weighted by Gasteiger charge is 2.56. The van der Waals surface area contributed by atoms with E-state index in [0.717, 1.165) is 11.4 Å². The maximum absolute atomic E-state index is 6.75. The van der Waals surface area contributed by atoms with Crippen LogP contribution in [0.5, 0.6) is 5.75 Å². The number of para-hydroxylation sites is 1. The van der Waals surface area contributed by atoms with E-state index in [-0.39, 0.29) is 16.7 Å². The molecule has 26 heavy (non-hydrogen) atoms. The predicted octanol–water partition coefficient (Wildman–Crippen LogP) is 5.45. The minimum absolute atomic E-state index is 0.110. The molecule has 2 aliphatic rings. The van der Waals surface area contributed by atoms with Crippen molar-refractivity contribution in [3.05, 3.63) is 59.2 Å². The zero-order valence-corrected chi connectivity index (χ0v) is 17.6. The van der Waals surface area contributed by atoms with Gasteiger partial charge in [0.2, 0.25) is 0 Å². The maximum Gasteiger partial charge on any atom is 0.192 e. The first-order valence-electron chi connectivity index (χ1n) is 9.43. The van der Waals surface area contributed by atoms with Crippen molar-refractivity contribution in [1.82, 2.24) is 0 Å². The molecule has 3 nitrogen and oxygen atoms in total. The second-order valence-corrected chi connectivity index (χ2v) is 14.0. The third-order valence-corrected chi connectivity index (χ3v) is 10.9. The third-order valence-electron chi connectivity index (χ3n) is 6.47. The second kappa shape index (κ2) is 5.60. The van der Waals surface area contributed by atoms with Crippen molar-refractivity contribution >= 4 is 14.0 Å². The van der Waals surface area contributed by atoms with Crippen LogP contribution in [0.1, 0.15) is 37.5 Å². The molecule has 0 radical (unpaired) electrons. The van der Waals surface area contributed by atoms with E-state index in [1.54, 1.807) is 0 Å². The number of nitrogens with one attached hydrogen (secondary N) is 1. The van der Waals surface area contributed by atoms with Crippen LogP contribution in [-0.2, 0) is 9.84 Å². The molecular formula is C22H29NO2Si. The average molecular weight is 368 g/mol. The van der Waals surface area contributed by atoms with Crippen LogP contribution in [-0.4, -0.2) is 21.2 Å². The van der Waals surface area contributed by atoms with Crippen LogP contribution in [0.25, 0.3) is 0 Å². The van der Waals surface area contributed by atoms with Gasteiger partial charge in [-0.05, 0) is 42.8 Å². The topological polar surface area (TPSA) is 30.5 Å². The van der Waals surface area contributed by atoms with Crippen LogP contribution >= 0.6 is 0 Å². The molecule has 1 N–H and O–H groups in total. The molecule has 2 aliphatic heterocycles. The van der Waals surface area contributed by atoms with Crippen LogP contribution < -0.4 is 10.1 Å². The van der Waals surface area contributed by atoms with Gasteiger partial charge in [0.25, 0.3) is 0 Å². The lowest BCUT2D eigenvalue weighted by Gasteiger charge is -2.39. The Morgan fingerprint density at radius 1 is 1.12 bits per heavy atom. The molecule has 0 saturated carbocycles. The van der Waals surface area contributed by atoms with Crippen LogP contribution in [0.15, 0.2) is 42.5 Å². The number of anilines is 1. The lowest BCUT2D eigenvalue weighted by molar-refractivity contribution is 0.144. The summed E-state index contributed by atoms with van der Waals surface area (Å²) in [5, 5.41) is 3.77. The largest absolute Gasteiger partial charge is 0.469 e. The Hall–Kier alpha value is -1.78. The summed E-state index contributed by atoms with van der Waals surface area (Å²) in [6.07, 6.45) is -0.110. The minimum Gasteiger partial charge on any atom is -0.469 e. The Labute approximate surface area is 157 Å². The smallest absolute Gasteiger partial charge is 0.192 e. The number of fused-ring (bicyclic) bond motifs is 5. The highest BCUT2D eigenvalue weighted by atomic mass is 28.4. The quantitative estimate of drug-likeness (QED) is 0.732. The molecule has 2 aromatic rings. The van der Waals surface area contributed by atoms with Crippen molar-refractivity contribution in [3.8, 4) is 5.75 Å². The first-order chi connectivity index (χ1) is 12.1. The Morgan fingerprint density at radius 3 is 2.58 bits per heavy atom. The van der Waals surface area contributed by atoms with E-state index in [1.165, 1.54) is 16.7 Å². The summed E-state index contributed by atoms with van der Waals surface area (Å²) in [6.45, 7) is 14.3. The summed E-state index contributed by atoms with van der Waals surface area (Å²) in [7, 11) is -1.88. The molecular weight excluding hydrogens is 338 g/mol. The molecule has 2 atom stereocenters. The van der Waals surface area contributed by atoms with Gasteiger partial charge in [0, 0.05) is 11.3 Å². The van der Waals surface area contributed by atoms with Crippen molar-refractivity contribution < 1.29 is 9.16 Å². The van der Waals surface area contributed by atoms with E-state index in [4.69, 9.17) is 9.16 Å². The standard InChI is InChI=1S/C22H29NO2Si/c1-15-11-12-19-17(13-15)22(14-24-26(5,6)21(2,3)4)16-9-7-8-10-18(16)23-20(22)25-19/h7-13,20,23H,14H2,1-6H3. The Morgan fingerprint density at radius 2 is 1.85 bits per heavy atom. The van der Waals surface area contributed by atoms with Crippen molar-refractivity contribution in [2.75, 3.05) is 11.9 Å². The van der Waals surface area contributed by atoms with Crippen LogP contribution in [0.2, 0.25) is 18.1 Å². The molecule has 0 bridgehead atoms. The van der Waals surface area contributed by atoms with Gasteiger partial charge >= 0.3 is 0 Å². The summed E-state index contributed by atoms with van der Waals surface area (Å²) in [4.78, 5) is 0. The fraction of sp³-hybridized carbons (Fsp3) is 0.455. The number of aryl methyl sites for hydroxylation is 1. The highest BCUT2D eigenvalue weighted by Crippen LogP contribution is 2.54. The monoisotopic (exact) mass is 367 g/mol. The Bertz CT molecular complexity index is 855. The SMILES string of the molecule is Cc1ccc2c(c1)C1(CO[Si](C)(C)C(C)(C)C)c3ccccc3NC1O2. The molecule has 2 unspecified atom stereocenters. The van der Waals surface area contributed by atoms with Crippen molar-refractivity contribution in [1.29, 1.82) is 0 Å². The van der Waals surface area contributed by atoms with E-state index >= 15 is 0 Å². The first-order valence-corrected chi connectivity index (χ1v) is 12.3. The van der Waals surface area contributed by atoms with E-state index in [1.807, 2.05) is 0 Å². The number of hydrogen-bond acceptors (Lipinski definition) is 3. The number of benzene rings is 2. The maximum atomic E-state index is 6.75. The van der Waals surface area contributed by atoms with Gasteiger partial charge < -0.3 is 14.5 Å². The molecule has 0 saturated heterocycles. The van der Waals surface area contributed by atoms with E-state index in [2.05, 4.69) is 88.6 Å². The Balaban J connectivity index is 1.82. The molecule has 4 rings (SSSR count). The number of hydrogen-bond donors (Lipinski definition) is 1. The second-order valence-electron chi connectivity index (χ2n) is 9.21. The Kier molecular flexibility index (Phi) is 3.80. The zero-order chi connectivity index (χ0) is 18.7. The summed E-state index contributed by atoms with van der Waals surface area (Å²) in [6, 6.07) is 15.0. The summed E-state index contributed by atoms with van der Waals surface area (Å²) < 4.78 is 13.1. The molecule has 0 fully saturated rings. The molecule has 0 amide bonds. The minimum atomic E-state index is -1.88. The molecule has 0 spiro atoms. The summed E-state index contributed by atoms with van der Waals surface area (Å²) in [5.74, 6) is 0.974. The van der Waals surface area contributed by atoms with Gasteiger partial charge in [-0.2, -0.15) is 0 Å². The highest BCUT2D eigenvalue weighted by molar-refractivity contribution is 6.74. The molecule has 2 heterocycles. The van der Waals surface area contributed by atoms with Crippen LogP contribution in [0.4, 0.5) is 5.69 Å². The van der Waals surface area contributed by atoms with E-state index < -0.39 is 8.32 Å². The van der Waals surface area contributed by atoms with Crippen LogP contribution in [0, 0.1) is 6.92 Å². The predicted molar refractivity (Wildman–Crippen MR) is 110 cm³/mol. The normalized spacial score (nSPS) is 23.7. The van der Waals surface area contributed by atoms with Crippen LogP contribution in [0.3, 0.4) is 0 Å². The van der Waals surface area contributed by atoms with E-state index in [9.17, 15) is 0 Å². The molecule has 2 aromatic carbocycles. The fourth-order valence-corrected chi connectivity index (χ4v) is 4.81. The molecule has 4 heteroatoms. The van der Waals surface area contributed by atoms with E-state index in [0.29, 0.717) is 6.61 Å². The zero-order valence-electron chi connectivity index (χ0n) is 16.6. The summed E-state index contributed by atoms with van der Waals surface area (Å²) in [5.41, 5.74) is 4.66. The lowest BCUT2D eigenvalue weighted by Crippen LogP contribution is -2.49. The molecule has 138 valence electrons. The van der Waals surface area contributed by atoms with Gasteiger partial charge in [-0.15, -0.1) is 0 Å². The van der Waals surface area contributed by atoms with Crippen molar-refractivity contribution in [3.63, 3.8) is 0 Å². The lowest BCUT2D eigenvalue weighted by atomic mass is 9.76. The van der Waals surface area contributed by atoms with Gasteiger partial charge in [-0.1, -0.05) is 56.7 Å². The van der Waals surface area contributed by atoms with Gasteiger partial charge in [-0.3, -0.25) is 0 Å². The number of ether oxygens (including phenoxy) is 1. The molecule has 0 aromatic heterocycles.